The van der Waals surface area contributed by atoms with E-state index in [1.165, 1.54) is 19.2 Å². The molecular weight excluding hydrogens is 450 g/mol. The van der Waals surface area contributed by atoms with Gasteiger partial charge >= 0.3 is 0 Å². The van der Waals surface area contributed by atoms with E-state index in [0.717, 1.165) is 5.56 Å². The second-order valence-electron chi connectivity index (χ2n) is 8.14. The maximum atomic E-state index is 13.4. The summed E-state index contributed by atoms with van der Waals surface area (Å²) in [6.07, 6.45) is 0.401. The number of hydrogen-bond donors (Lipinski definition) is 0. The van der Waals surface area contributed by atoms with Crippen molar-refractivity contribution in [2.75, 3.05) is 7.11 Å². The molecule has 0 unspecified atom stereocenters. The Bertz CT molecular complexity index is 1390. The third-order valence-corrected chi connectivity index (χ3v) is 6.94. The lowest BCUT2D eigenvalue weighted by Gasteiger charge is -2.06. The normalized spacial score (nSPS) is 16.8. The molecule has 0 aromatic heterocycles. The Kier molecular flexibility index (Phi) is 6.59. The molecule has 1 saturated carbocycles. The van der Waals surface area contributed by atoms with Crippen LogP contribution in [0.2, 0.25) is 0 Å². The average molecular weight is 474 g/mol. The number of hydrogen-bond acceptors (Lipinski definition) is 5. The van der Waals surface area contributed by atoms with Crippen molar-refractivity contribution < 1.29 is 22.7 Å². The van der Waals surface area contributed by atoms with Crippen LogP contribution in [0.4, 0.5) is 0 Å². The lowest BCUT2D eigenvalue weighted by atomic mass is 9.97. The number of sulfonamides is 1. The second kappa shape index (κ2) is 9.59. The van der Waals surface area contributed by atoms with Crippen molar-refractivity contribution in [1.82, 2.24) is 0 Å². The molecule has 3 aromatic carbocycles. The largest absolute Gasteiger partial charge is 0.497 e. The molecule has 0 N–H and O–H groups in total. The Hall–Kier alpha value is -3.80. The number of methoxy groups -OCH3 is 1. The fourth-order valence-electron chi connectivity index (χ4n) is 3.66. The van der Waals surface area contributed by atoms with E-state index in [9.17, 15) is 18.0 Å². The van der Waals surface area contributed by atoms with Crippen molar-refractivity contribution >= 4 is 33.0 Å². The summed E-state index contributed by atoms with van der Waals surface area (Å²) in [4.78, 5) is 26.2. The maximum absolute atomic E-state index is 13.4. The highest BCUT2D eigenvalue weighted by molar-refractivity contribution is 7.90. The molecule has 3 aromatic rings. The highest BCUT2D eigenvalue weighted by atomic mass is 32.2. The first-order chi connectivity index (χ1) is 16.3. The van der Waals surface area contributed by atoms with E-state index in [1.807, 2.05) is 13.0 Å². The van der Waals surface area contributed by atoms with Gasteiger partial charge in [0.05, 0.1) is 17.6 Å². The lowest BCUT2D eigenvalue weighted by molar-refractivity contribution is -0.115. The minimum absolute atomic E-state index is 0.00989. The Balaban J connectivity index is 1.68. The van der Waals surface area contributed by atoms with Crippen LogP contribution in [0.1, 0.15) is 27.9 Å². The lowest BCUT2D eigenvalue weighted by Crippen LogP contribution is -2.11. The topological polar surface area (TPSA) is 89.9 Å². The second-order valence-corrected chi connectivity index (χ2v) is 9.74. The molecule has 1 fully saturated rings. The van der Waals surface area contributed by atoms with Crippen LogP contribution in [0.25, 0.3) is 5.57 Å². The number of ketones is 2. The zero-order valence-corrected chi connectivity index (χ0v) is 19.6. The van der Waals surface area contributed by atoms with E-state index in [0.29, 0.717) is 23.3 Å². The zero-order chi connectivity index (χ0) is 24.3. The molecule has 0 spiro atoms. The van der Waals surface area contributed by atoms with Gasteiger partial charge in [-0.1, -0.05) is 48.0 Å². The van der Waals surface area contributed by atoms with Crippen molar-refractivity contribution in [2.45, 2.75) is 18.2 Å². The van der Waals surface area contributed by atoms with Gasteiger partial charge < -0.3 is 4.74 Å². The Labute approximate surface area is 198 Å². The fourth-order valence-corrected chi connectivity index (χ4v) is 4.46. The first-order valence-corrected chi connectivity index (χ1v) is 12.2. The third-order valence-electron chi connectivity index (χ3n) is 5.74. The number of ether oxygens (including phenoxy) is 1. The van der Waals surface area contributed by atoms with Gasteiger partial charge in [0.25, 0.3) is 10.0 Å². The number of Topliss-reactive ketones (excluding diaryl/α,β-unsaturated/α-hetero) is 2. The van der Waals surface area contributed by atoms with Crippen molar-refractivity contribution in [1.29, 1.82) is 0 Å². The predicted octanol–water partition coefficient (Wildman–Crippen LogP) is 4.53. The molecule has 1 aliphatic rings. The van der Waals surface area contributed by atoms with Gasteiger partial charge in [-0.15, -0.1) is 4.40 Å². The maximum Gasteiger partial charge on any atom is 0.289 e. The van der Waals surface area contributed by atoms with Gasteiger partial charge in [0, 0.05) is 23.3 Å². The summed E-state index contributed by atoms with van der Waals surface area (Å²) in [6, 6.07) is 21.7. The minimum atomic E-state index is -4.06. The zero-order valence-electron chi connectivity index (χ0n) is 18.8. The highest BCUT2D eigenvalue weighted by Gasteiger charge is 2.48. The number of allylic oxidation sites excluding steroid dienone is 1. The molecule has 6 nitrogen and oxygen atoms in total. The van der Waals surface area contributed by atoms with Crippen LogP contribution >= 0.6 is 0 Å². The molecule has 0 radical (unpaired) electrons. The summed E-state index contributed by atoms with van der Waals surface area (Å²) >= 11 is 0. The molecule has 0 aliphatic heterocycles. The first-order valence-electron chi connectivity index (χ1n) is 10.7. The molecule has 0 bridgehead atoms. The van der Waals surface area contributed by atoms with Gasteiger partial charge in [-0.2, -0.15) is 8.42 Å². The summed E-state index contributed by atoms with van der Waals surface area (Å²) in [5.41, 5.74) is 1.93. The molecular formula is C27H23NO5S. The van der Waals surface area contributed by atoms with Crippen LogP contribution in [-0.2, 0) is 14.8 Å². The Morgan fingerprint density at radius 3 is 2.15 bits per heavy atom. The molecule has 0 heterocycles. The first kappa shape index (κ1) is 23.4. The van der Waals surface area contributed by atoms with Gasteiger partial charge in [0.1, 0.15) is 5.75 Å². The third kappa shape index (κ3) is 5.06. The summed E-state index contributed by atoms with van der Waals surface area (Å²) in [5, 5.41) is 0. The number of nitrogens with zero attached hydrogens (tertiary/aromatic N) is 1. The van der Waals surface area contributed by atoms with Gasteiger partial charge in [-0.3, -0.25) is 9.59 Å². The van der Waals surface area contributed by atoms with E-state index < -0.39 is 21.9 Å². The molecule has 4 rings (SSSR count). The fraction of sp³-hybridized carbons (Fsp3) is 0.185. The number of aryl methyl sites for hydroxylation is 1. The van der Waals surface area contributed by atoms with E-state index in [2.05, 4.69) is 10.3 Å². The van der Waals surface area contributed by atoms with Crippen LogP contribution in [-0.4, -0.2) is 33.0 Å². The van der Waals surface area contributed by atoms with E-state index in [-0.39, 0.29) is 22.0 Å². The quantitative estimate of drug-likeness (QED) is 0.272. The van der Waals surface area contributed by atoms with Crippen LogP contribution in [0.5, 0.6) is 5.75 Å². The number of carbonyl (C=O) groups is 2. The smallest absolute Gasteiger partial charge is 0.289 e. The molecule has 0 saturated heterocycles. The van der Waals surface area contributed by atoms with Crippen LogP contribution in [0.3, 0.4) is 0 Å². The number of rotatable bonds is 8. The molecule has 0 amide bonds. The van der Waals surface area contributed by atoms with E-state index in [1.54, 1.807) is 60.7 Å². The SMILES string of the molecule is COc1ccc(C(=C=NS(=O)(=O)c2ccc(C)cc2)C(=O)[C@@H]2C[C@H]2C(=O)c2ccccc2)cc1. The van der Waals surface area contributed by atoms with Crippen molar-refractivity contribution in [3.8, 4) is 5.75 Å². The molecule has 1 aliphatic carbocycles. The van der Waals surface area contributed by atoms with Crippen LogP contribution in [0.15, 0.2) is 88.2 Å². The Morgan fingerprint density at radius 1 is 0.882 bits per heavy atom. The summed E-state index contributed by atoms with van der Waals surface area (Å²) in [5.74, 6) is 1.63. The van der Waals surface area contributed by atoms with Gasteiger partial charge in [0.2, 0.25) is 0 Å². The van der Waals surface area contributed by atoms with Crippen molar-refractivity contribution in [3.05, 3.63) is 95.6 Å². The van der Waals surface area contributed by atoms with Gasteiger partial charge in [-0.05, 0) is 55.3 Å². The van der Waals surface area contributed by atoms with E-state index >= 15 is 0 Å². The molecule has 2 atom stereocenters. The predicted molar refractivity (Wildman–Crippen MR) is 130 cm³/mol. The number of carbonyl (C=O) groups excluding carboxylic acids is 2. The molecule has 34 heavy (non-hydrogen) atoms. The summed E-state index contributed by atoms with van der Waals surface area (Å²) in [7, 11) is -2.53. The van der Waals surface area contributed by atoms with Crippen LogP contribution < -0.4 is 4.74 Å². The summed E-state index contributed by atoms with van der Waals surface area (Å²) in [6.45, 7) is 1.85. The van der Waals surface area contributed by atoms with Crippen molar-refractivity contribution in [3.63, 3.8) is 0 Å². The Morgan fingerprint density at radius 2 is 1.53 bits per heavy atom. The number of benzene rings is 3. The van der Waals surface area contributed by atoms with E-state index in [4.69, 9.17) is 4.74 Å². The molecule has 172 valence electrons. The van der Waals surface area contributed by atoms with Crippen LogP contribution in [0, 0.1) is 18.8 Å². The van der Waals surface area contributed by atoms with Gasteiger partial charge in [-0.25, -0.2) is 0 Å². The van der Waals surface area contributed by atoms with Gasteiger partial charge in [0.15, 0.2) is 11.6 Å². The highest BCUT2D eigenvalue weighted by Crippen LogP contribution is 2.44. The van der Waals surface area contributed by atoms with Crippen molar-refractivity contribution in [2.24, 2.45) is 16.2 Å². The standard InChI is InChI=1S/C27H23NO5S/c1-18-8-14-22(15-9-18)34(31,32)28-17-25(19-10-12-21(33-2)13-11-19)27(30)24-16-23(24)26(29)20-6-4-3-5-7-20/h3-15,23-24H,16H2,1-2H3/t23-,24-/m1/s1. The average Bonchev–Trinajstić information content (AvgIpc) is 3.66. The molecule has 7 heteroatoms. The summed E-state index contributed by atoms with van der Waals surface area (Å²) < 4.78 is 34.3. The minimum Gasteiger partial charge on any atom is -0.497 e. The monoisotopic (exact) mass is 473 g/mol.